The van der Waals surface area contributed by atoms with Crippen LogP contribution in [0.5, 0.6) is 0 Å². The molecule has 1 saturated carbocycles. The zero-order valence-corrected chi connectivity index (χ0v) is 24.6. The number of allylic oxidation sites excluding steroid dienone is 3. The van der Waals surface area contributed by atoms with E-state index in [1.54, 1.807) is 0 Å². The van der Waals surface area contributed by atoms with Crippen LogP contribution in [0.3, 0.4) is 0 Å². The number of hydrogen-bond acceptors (Lipinski definition) is 8. The van der Waals surface area contributed by atoms with Crippen molar-refractivity contribution >= 4 is 0 Å². The zero-order valence-electron chi connectivity index (χ0n) is 24.6. The van der Waals surface area contributed by atoms with E-state index in [0.29, 0.717) is 6.42 Å². The molecular formula is C31H52N4O5. The van der Waals surface area contributed by atoms with Crippen molar-refractivity contribution in [2.75, 3.05) is 19.8 Å². The van der Waals surface area contributed by atoms with Crippen LogP contribution in [0.2, 0.25) is 0 Å². The number of H-pyrrole nitrogens is 1. The summed E-state index contributed by atoms with van der Waals surface area (Å²) in [5.74, 6) is 1.14. The van der Waals surface area contributed by atoms with Gasteiger partial charge in [0.05, 0.1) is 12.2 Å². The topological polar surface area (TPSA) is 112 Å². The Hall–Kier alpha value is -1.65. The van der Waals surface area contributed by atoms with Crippen molar-refractivity contribution < 1.29 is 24.1 Å². The average molecular weight is 561 g/mol. The van der Waals surface area contributed by atoms with Crippen LogP contribution < -0.4 is 0 Å². The normalized spacial score (nSPS) is 29.9. The number of aromatic amines is 1. The summed E-state index contributed by atoms with van der Waals surface area (Å²) in [4.78, 5) is 0. The number of tetrazole rings is 1. The molecule has 9 heteroatoms. The van der Waals surface area contributed by atoms with Gasteiger partial charge in [-0.1, -0.05) is 41.9 Å². The number of aliphatic hydroxyl groups is 1. The molecule has 1 aromatic heterocycles. The van der Waals surface area contributed by atoms with Crippen LogP contribution in [0, 0.1) is 11.8 Å². The summed E-state index contributed by atoms with van der Waals surface area (Å²) in [7, 11) is 0. The van der Waals surface area contributed by atoms with Crippen LogP contribution in [0.15, 0.2) is 23.8 Å². The van der Waals surface area contributed by atoms with Gasteiger partial charge in [-0.2, -0.15) is 5.21 Å². The first-order chi connectivity index (χ1) is 19.7. The van der Waals surface area contributed by atoms with Gasteiger partial charge in [-0.15, -0.1) is 10.2 Å². The third kappa shape index (κ3) is 10.6. The minimum Gasteiger partial charge on any atom is -0.393 e. The molecule has 0 radical (unpaired) electrons. The van der Waals surface area contributed by atoms with Gasteiger partial charge in [0.25, 0.3) is 0 Å². The summed E-state index contributed by atoms with van der Waals surface area (Å²) in [6.07, 6.45) is 23.0. The van der Waals surface area contributed by atoms with Crippen LogP contribution >= 0.6 is 0 Å². The second kappa shape index (κ2) is 18.0. The van der Waals surface area contributed by atoms with Gasteiger partial charge in [-0.05, 0) is 89.9 Å². The van der Waals surface area contributed by atoms with E-state index in [0.717, 1.165) is 96.3 Å². The van der Waals surface area contributed by atoms with E-state index in [1.165, 1.54) is 31.3 Å². The number of rotatable bonds is 17. The first kappa shape index (κ1) is 31.3. The zero-order chi connectivity index (χ0) is 27.8. The largest absolute Gasteiger partial charge is 0.393 e. The number of nitrogens with one attached hydrogen (secondary N) is 1. The van der Waals surface area contributed by atoms with Crippen LogP contribution in [0.25, 0.3) is 0 Å². The number of unbranched alkanes of at least 4 members (excludes halogenated alkanes) is 5. The van der Waals surface area contributed by atoms with Gasteiger partial charge in [0.1, 0.15) is 0 Å². The molecule has 2 saturated heterocycles. The van der Waals surface area contributed by atoms with Gasteiger partial charge >= 0.3 is 0 Å². The number of aryl methyl sites for hydroxylation is 1. The monoisotopic (exact) mass is 560 g/mol. The van der Waals surface area contributed by atoms with Crippen molar-refractivity contribution in [2.24, 2.45) is 11.8 Å². The fourth-order valence-corrected chi connectivity index (χ4v) is 6.32. The lowest BCUT2D eigenvalue weighted by atomic mass is 9.84. The predicted octanol–water partition coefficient (Wildman–Crippen LogP) is 5.82. The molecule has 40 heavy (non-hydrogen) atoms. The molecular weight excluding hydrogens is 508 g/mol. The molecule has 2 unspecified atom stereocenters. The van der Waals surface area contributed by atoms with Crippen molar-refractivity contribution in [3.63, 3.8) is 0 Å². The lowest BCUT2D eigenvalue weighted by Gasteiger charge is -2.31. The third-order valence-electron chi connectivity index (χ3n) is 8.56. The second-order valence-electron chi connectivity index (χ2n) is 11.7. The minimum absolute atomic E-state index is 0.00476. The molecule has 2 aliphatic heterocycles. The third-order valence-corrected chi connectivity index (χ3v) is 8.56. The Morgan fingerprint density at radius 2 is 1.77 bits per heavy atom. The molecule has 0 spiro atoms. The number of ether oxygens (including phenoxy) is 4. The summed E-state index contributed by atoms with van der Waals surface area (Å²) >= 11 is 0. The molecule has 2 N–H and O–H groups in total. The molecule has 0 amide bonds. The van der Waals surface area contributed by atoms with Crippen molar-refractivity contribution in [3.05, 3.63) is 29.6 Å². The lowest BCUT2D eigenvalue weighted by molar-refractivity contribution is -0.193. The highest BCUT2D eigenvalue weighted by Crippen LogP contribution is 2.42. The standard InChI is InChI=1S/C31H52N4O5/c1-24(15-7-3-2-6-12-20-37-29-18-10-13-21-38-29)31-25(16-8-4-5-9-17-28-32-34-35-33-28)26(36)23-27(31)40-30-19-11-14-22-39-30/h4,8,15,25-27,29-31,36H,2-3,5-7,9-14,16-23H2,1H3,(H,32,33,34,35)/b8-4-,24-15?/t25-,26-,27+,29?,30?,31-/m1/s1. The number of hydrogen-bond donors (Lipinski definition) is 2. The Bertz CT molecular complexity index is 852. The van der Waals surface area contributed by atoms with E-state index < -0.39 is 0 Å². The smallest absolute Gasteiger partial charge is 0.174 e. The minimum atomic E-state index is -0.362. The molecule has 6 atom stereocenters. The van der Waals surface area contributed by atoms with Crippen molar-refractivity contribution in [3.8, 4) is 0 Å². The summed E-state index contributed by atoms with van der Waals surface area (Å²) < 4.78 is 23.9. The maximum Gasteiger partial charge on any atom is 0.174 e. The lowest BCUT2D eigenvalue weighted by Crippen LogP contribution is -2.32. The Balaban J connectivity index is 1.21. The van der Waals surface area contributed by atoms with E-state index in [2.05, 4.69) is 45.8 Å². The van der Waals surface area contributed by atoms with E-state index in [4.69, 9.17) is 18.9 Å². The molecule has 0 aromatic carbocycles. The average Bonchev–Trinajstić information content (AvgIpc) is 3.60. The Labute approximate surface area is 240 Å². The first-order valence-electron chi connectivity index (χ1n) is 15.9. The molecule has 0 bridgehead atoms. The molecule has 226 valence electrons. The first-order valence-corrected chi connectivity index (χ1v) is 15.9. The molecule has 3 aliphatic rings. The van der Waals surface area contributed by atoms with Gasteiger partial charge in [0.2, 0.25) is 0 Å². The highest BCUT2D eigenvalue weighted by atomic mass is 16.7. The Morgan fingerprint density at radius 3 is 2.52 bits per heavy atom. The van der Waals surface area contributed by atoms with E-state index >= 15 is 0 Å². The number of nitrogens with zero attached hydrogens (tertiary/aromatic N) is 3. The Kier molecular flexibility index (Phi) is 14.1. The highest BCUT2D eigenvalue weighted by Gasteiger charge is 2.44. The second-order valence-corrected chi connectivity index (χ2v) is 11.7. The molecule has 3 heterocycles. The number of aliphatic hydroxyl groups excluding tert-OH is 1. The van der Waals surface area contributed by atoms with Gasteiger partial charge in [0, 0.05) is 38.6 Å². The van der Waals surface area contributed by atoms with E-state index in [1.807, 2.05) is 0 Å². The van der Waals surface area contributed by atoms with Crippen molar-refractivity contribution in [2.45, 2.75) is 134 Å². The van der Waals surface area contributed by atoms with Crippen LogP contribution in [0.4, 0.5) is 0 Å². The van der Waals surface area contributed by atoms with Crippen LogP contribution in [-0.2, 0) is 25.4 Å². The maximum absolute atomic E-state index is 11.1. The highest BCUT2D eigenvalue weighted by molar-refractivity contribution is 5.14. The van der Waals surface area contributed by atoms with E-state index in [-0.39, 0.29) is 36.6 Å². The molecule has 1 aromatic rings. The number of aromatic nitrogens is 4. The van der Waals surface area contributed by atoms with Crippen LogP contribution in [0.1, 0.15) is 109 Å². The molecule has 1 aliphatic carbocycles. The van der Waals surface area contributed by atoms with Gasteiger partial charge in [-0.25, -0.2) is 0 Å². The SMILES string of the molecule is CC(=CCCCCCCOC1CCCCO1)[C@@H]1[C@H](C/C=C\CCCc2nn[nH]n2)[C@H](O)C[C@@H]1OC1CCCCO1. The molecule has 3 fully saturated rings. The van der Waals surface area contributed by atoms with Crippen molar-refractivity contribution in [1.29, 1.82) is 0 Å². The van der Waals surface area contributed by atoms with Gasteiger partial charge in [-0.3, -0.25) is 0 Å². The van der Waals surface area contributed by atoms with E-state index in [9.17, 15) is 5.11 Å². The van der Waals surface area contributed by atoms with Gasteiger partial charge in [0.15, 0.2) is 18.4 Å². The van der Waals surface area contributed by atoms with Crippen molar-refractivity contribution in [1.82, 2.24) is 20.6 Å². The molecule has 4 rings (SSSR count). The predicted molar refractivity (Wildman–Crippen MR) is 153 cm³/mol. The summed E-state index contributed by atoms with van der Waals surface area (Å²) in [5.41, 5.74) is 1.35. The maximum atomic E-state index is 11.1. The fourth-order valence-electron chi connectivity index (χ4n) is 6.32. The van der Waals surface area contributed by atoms with Crippen LogP contribution in [-0.4, -0.2) is 70.3 Å². The fraction of sp³-hybridized carbons (Fsp3) is 0.839. The molecule has 9 nitrogen and oxygen atoms in total. The van der Waals surface area contributed by atoms with Gasteiger partial charge < -0.3 is 24.1 Å². The quantitative estimate of drug-likeness (QED) is 0.181. The summed E-state index contributed by atoms with van der Waals surface area (Å²) in [5, 5.41) is 25.2. The summed E-state index contributed by atoms with van der Waals surface area (Å²) in [6.45, 7) is 4.65. The Morgan fingerprint density at radius 1 is 0.975 bits per heavy atom. The summed E-state index contributed by atoms with van der Waals surface area (Å²) in [6, 6.07) is 0.